The Kier molecular flexibility index (Phi) is 6.06. The summed E-state index contributed by atoms with van der Waals surface area (Å²) in [7, 11) is 2.04. The molecule has 2 unspecified atom stereocenters. The second kappa shape index (κ2) is 7.80. The van der Waals surface area contributed by atoms with Crippen LogP contribution in [-0.2, 0) is 4.74 Å². The van der Waals surface area contributed by atoms with Crippen molar-refractivity contribution in [3.8, 4) is 0 Å². The lowest BCUT2D eigenvalue weighted by Crippen LogP contribution is -2.32. The zero-order valence-corrected chi connectivity index (χ0v) is 13.2. The zero-order chi connectivity index (χ0) is 14.4. The van der Waals surface area contributed by atoms with Crippen molar-refractivity contribution in [2.24, 2.45) is 0 Å². The second-order valence-corrected chi connectivity index (χ2v) is 5.85. The van der Waals surface area contributed by atoms with E-state index in [1.165, 1.54) is 30.4 Å². The van der Waals surface area contributed by atoms with Gasteiger partial charge in [-0.15, -0.1) is 0 Å². The first-order chi connectivity index (χ1) is 9.80. The molecule has 0 saturated heterocycles. The first kappa shape index (κ1) is 15.5. The van der Waals surface area contributed by atoms with Gasteiger partial charge in [0.05, 0.1) is 12.1 Å². The Balaban J connectivity index is 2.16. The molecule has 112 valence electrons. The van der Waals surface area contributed by atoms with Gasteiger partial charge < -0.3 is 10.1 Å². The van der Waals surface area contributed by atoms with E-state index in [0.29, 0.717) is 6.04 Å². The van der Waals surface area contributed by atoms with Crippen LogP contribution in [0.15, 0.2) is 24.3 Å². The molecule has 1 aliphatic carbocycles. The molecule has 2 nitrogen and oxygen atoms in total. The van der Waals surface area contributed by atoms with Gasteiger partial charge in [-0.1, -0.05) is 44.0 Å². The van der Waals surface area contributed by atoms with E-state index in [-0.39, 0.29) is 6.10 Å². The van der Waals surface area contributed by atoms with Gasteiger partial charge in [0.1, 0.15) is 0 Å². The van der Waals surface area contributed by atoms with Crippen molar-refractivity contribution in [2.45, 2.75) is 64.0 Å². The molecule has 1 aliphatic rings. The quantitative estimate of drug-likeness (QED) is 0.758. The number of benzene rings is 1. The smallest absolute Gasteiger partial charge is 0.0769 e. The summed E-state index contributed by atoms with van der Waals surface area (Å²) in [6.07, 6.45) is 6.64. The third-order valence-corrected chi connectivity index (χ3v) is 4.48. The van der Waals surface area contributed by atoms with Gasteiger partial charge in [-0.05, 0) is 50.3 Å². The Hall–Kier alpha value is -0.860. The van der Waals surface area contributed by atoms with E-state index >= 15 is 0 Å². The van der Waals surface area contributed by atoms with Crippen molar-refractivity contribution in [2.75, 3.05) is 13.7 Å². The van der Waals surface area contributed by atoms with Gasteiger partial charge in [0.2, 0.25) is 0 Å². The van der Waals surface area contributed by atoms with Gasteiger partial charge in [-0.2, -0.15) is 0 Å². The van der Waals surface area contributed by atoms with Crippen LogP contribution < -0.4 is 5.32 Å². The number of hydrogen-bond donors (Lipinski definition) is 1. The fourth-order valence-corrected chi connectivity index (χ4v) is 3.16. The van der Waals surface area contributed by atoms with E-state index in [1.54, 1.807) is 0 Å². The second-order valence-electron chi connectivity index (χ2n) is 5.85. The molecular weight excluding hydrogens is 246 g/mol. The summed E-state index contributed by atoms with van der Waals surface area (Å²) in [5.41, 5.74) is 2.89. The summed E-state index contributed by atoms with van der Waals surface area (Å²) < 4.78 is 5.97. The van der Waals surface area contributed by atoms with Crippen LogP contribution in [0.1, 0.15) is 69.0 Å². The summed E-state index contributed by atoms with van der Waals surface area (Å²) in [5.74, 6) is 0.796. The SMILES string of the molecule is CCCC(OCC)C(NC)c1cccc(C2CCC2)c1. The minimum absolute atomic E-state index is 0.270. The van der Waals surface area contributed by atoms with Crippen molar-refractivity contribution >= 4 is 0 Å². The highest BCUT2D eigenvalue weighted by Gasteiger charge is 2.24. The molecule has 0 amide bonds. The normalized spacial score (nSPS) is 18.6. The van der Waals surface area contributed by atoms with E-state index in [2.05, 4.69) is 43.4 Å². The molecular formula is C18H29NO. The van der Waals surface area contributed by atoms with Crippen LogP contribution in [-0.4, -0.2) is 19.8 Å². The lowest BCUT2D eigenvalue weighted by molar-refractivity contribution is 0.0295. The molecule has 1 fully saturated rings. The van der Waals surface area contributed by atoms with Gasteiger partial charge >= 0.3 is 0 Å². The highest BCUT2D eigenvalue weighted by atomic mass is 16.5. The fourth-order valence-electron chi connectivity index (χ4n) is 3.16. The molecule has 0 radical (unpaired) electrons. The van der Waals surface area contributed by atoms with Crippen LogP contribution >= 0.6 is 0 Å². The molecule has 1 N–H and O–H groups in total. The molecule has 0 aliphatic heterocycles. The third kappa shape index (κ3) is 3.62. The van der Waals surface area contributed by atoms with E-state index < -0.39 is 0 Å². The summed E-state index contributed by atoms with van der Waals surface area (Å²) in [6.45, 7) is 5.09. The molecule has 2 rings (SSSR count). The summed E-state index contributed by atoms with van der Waals surface area (Å²) in [6, 6.07) is 9.44. The highest BCUT2D eigenvalue weighted by Crippen LogP contribution is 2.37. The molecule has 2 heteroatoms. The summed E-state index contributed by atoms with van der Waals surface area (Å²) >= 11 is 0. The average molecular weight is 275 g/mol. The lowest BCUT2D eigenvalue weighted by atomic mass is 9.79. The summed E-state index contributed by atoms with van der Waals surface area (Å²) in [4.78, 5) is 0. The van der Waals surface area contributed by atoms with Crippen molar-refractivity contribution in [3.05, 3.63) is 35.4 Å². The maximum atomic E-state index is 5.97. The largest absolute Gasteiger partial charge is 0.377 e. The molecule has 0 heterocycles. The van der Waals surface area contributed by atoms with E-state index in [1.807, 2.05) is 7.05 Å². The Morgan fingerprint density at radius 2 is 2.10 bits per heavy atom. The van der Waals surface area contributed by atoms with E-state index in [4.69, 9.17) is 4.74 Å². The minimum Gasteiger partial charge on any atom is -0.377 e. The van der Waals surface area contributed by atoms with Gasteiger partial charge in [-0.3, -0.25) is 0 Å². The topological polar surface area (TPSA) is 21.3 Å². The summed E-state index contributed by atoms with van der Waals surface area (Å²) in [5, 5.41) is 3.47. The molecule has 2 atom stereocenters. The van der Waals surface area contributed by atoms with Crippen LogP contribution in [0.5, 0.6) is 0 Å². The molecule has 1 aromatic carbocycles. The van der Waals surface area contributed by atoms with Crippen LogP contribution in [0.25, 0.3) is 0 Å². The number of ether oxygens (including phenoxy) is 1. The number of likely N-dealkylation sites (N-methyl/N-ethyl adjacent to an activating group) is 1. The molecule has 0 bridgehead atoms. The Bertz CT molecular complexity index is 394. The first-order valence-corrected chi connectivity index (χ1v) is 8.18. The van der Waals surface area contributed by atoms with Gasteiger partial charge in [0.25, 0.3) is 0 Å². The van der Waals surface area contributed by atoms with Crippen molar-refractivity contribution in [1.29, 1.82) is 0 Å². The van der Waals surface area contributed by atoms with Crippen LogP contribution in [0.2, 0.25) is 0 Å². The number of hydrogen-bond acceptors (Lipinski definition) is 2. The fraction of sp³-hybridized carbons (Fsp3) is 0.667. The van der Waals surface area contributed by atoms with Crippen LogP contribution in [0, 0.1) is 0 Å². The van der Waals surface area contributed by atoms with E-state index in [0.717, 1.165) is 25.4 Å². The monoisotopic (exact) mass is 275 g/mol. The van der Waals surface area contributed by atoms with Crippen LogP contribution in [0.4, 0.5) is 0 Å². The Morgan fingerprint density at radius 1 is 1.30 bits per heavy atom. The molecule has 0 spiro atoms. The Labute approximate surface area is 123 Å². The minimum atomic E-state index is 0.270. The lowest BCUT2D eigenvalue weighted by Gasteiger charge is -2.30. The average Bonchev–Trinajstić information content (AvgIpc) is 2.39. The van der Waals surface area contributed by atoms with Gasteiger partial charge in [0, 0.05) is 6.61 Å². The predicted molar refractivity (Wildman–Crippen MR) is 85.2 cm³/mol. The maximum Gasteiger partial charge on any atom is 0.0769 e. The zero-order valence-electron chi connectivity index (χ0n) is 13.2. The highest BCUT2D eigenvalue weighted by molar-refractivity contribution is 5.30. The van der Waals surface area contributed by atoms with Crippen LogP contribution in [0.3, 0.4) is 0 Å². The van der Waals surface area contributed by atoms with Crippen molar-refractivity contribution in [1.82, 2.24) is 5.32 Å². The van der Waals surface area contributed by atoms with E-state index in [9.17, 15) is 0 Å². The molecule has 1 saturated carbocycles. The van der Waals surface area contributed by atoms with Crippen molar-refractivity contribution in [3.63, 3.8) is 0 Å². The Morgan fingerprint density at radius 3 is 2.65 bits per heavy atom. The number of rotatable bonds is 8. The molecule has 0 aromatic heterocycles. The maximum absolute atomic E-state index is 5.97. The first-order valence-electron chi connectivity index (χ1n) is 8.18. The molecule has 20 heavy (non-hydrogen) atoms. The predicted octanol–water partition coefficient (Wildman–Crippen LogP) is 4.42. The van der Waals surface area contributed by atoms with Crippen molar-refractivity contribution < 1.29 is 4.74 Å². The number of nitrogens with one attached hydrogen (secondary N) is 1. The van der Waals surface area contributed by atoms with Gasteiger partial charge in [-0.25, -0.2) is 0 Å². The third-order valence-electron chi connectivity index (χ3n) is 4.48. The van der Waals surface area contributed by atoms with Gasteiger partial charge in [0.15, 0.2) is 0 Å². The standard InChI is InChI=1S/C18H29NO/c1-4-8-17(20-5-2)18(19-3)16-12-7-11-15(13-16)14-9-6-10-14/h7,11-14,17-19H,4-6,8-10H2,1-3H3. The molecule has 1 aromatic rings.